The number of carbonyl (C=O) groups excluding carboxylic acids is 1. The van der Waals surface area contributed by atoms with Crippen molar-refractivity contribution in [1.82, 2.24) is 15.5 Å². The van der Waals surface area contributed by atoms with Gasteiger partial charge in [0.25, 0.3) is 5.91 Å². The van der Waals surface area contributed by atoms with Crippen LogP contribution in [0.15, 0.2) is 36.4 Å². The van der Waals surface area contributed by atoms with Crippen molar-refractivity contribution in [3.8, 4) is 11.3 Å². The molecule has 5 heteroatoms. The second kappa shape index (κ2) is 8.51. The maximum atomic E-state index is 12.5. The van der Waals surface area contributed by atoms with Crippen LogP contribution in [0.2, 0.25) is 0 Å². The van der Waals surface area contributed by atoms with Gasteiger partial charge in [0.15, 0.2) is 5.82 Å². The monoisotopic (exact) mass is 364 g/mol. The molecule has 1 aromatic carbocycles. The van der Waals surface area contributed by atoms with E-state index in [4.69, 9.17) is 0 Å². The fourth-order valence-corrected chi connectivity index (χ4v) is 4.08. The molecule has 0 atom stereocenters. The summed E-state index contributed by atoms with van der Waals surface area (Å²) in [5, 5.41) is 12.0. The van der Waals surface area contributed by atoms with E-state index < -0.39 is 0 Å². The van der Waals surface area contributed by atoms with Gasteiger partial charge < -0.3 is 10.2 Å². The molecule has 0 unspecified atom stereocenters. The molecule has 0 spiro atoms. The standard InChI is InChI=1S/C22H28N4O/c27-22(23-19-7-3-1-2-4-8-19)18-11-9-17(10-12-18)20-13-14-21(25-24-20)26-15-5-6-16-26/h9-14,19H,1-8,15-16H2,(H,23,27). The Bertz CT molecular complexity index is 743. The minimum absolute atomic E-state index is 0.0314. The molecule has 2 fully saturated rings. The van der Waals surface area contributed by atoms with Gasteiger partial charge in [-0.15, -0.1) is 10.2 Å². The minimum Gasteiger partial charge on any atom is -0.355 e. The summed E-state index contributed by atoms with van der Waals surface area (Å²) in [7, 11) is 0. The molecule has 1 aromatic heterocycles. The fourth-order valence-electron chi connectivity index (χ4n) is 4.08. The maximum Gasteiger partial charge on any atom is 0.251 e. The van der Waals surface area contributed by atoms with E-state index in [0.717, 1.165) is 43.0 Å². The van der Waals surface area contributed by atoms with E-state index in [1.165, 1.54) is 38.5 Å². The van der Waals surface area contributed by atoms with Gasteiger partial charge in [0, 0.05) is 30.3 Å². The first-order chi connectivity index (χ1) is 13.3. The molecule has 1 saturated carbocycles. The van der Waals surface area contributed by atoms with E-state index in [-0.39, 0.29) is 5.91 Å². The van der Waals surface area contributed by atoms with E-state index in [9.17, 15) is 4.79 Å². The molecule has 2 aromatic rings. The van der Waals surface area contributed by atoms with Crippen LogP contribution in [0.5, 0.6) is 0 Å². The van der Waals surface area contributed by atoms with Gasteiger partial charge in [-0.05, 0) is 49.9 Å². The van der Waals surface area contributed by atoms with Crippen molar-refractivity contribution in [2.75, 3.05) is 18.0 Å². The Kier molecular flexibility index (Phi) is 5.66. The van der Waals surface area contributed by atoms with E-state index in [1.54, 1.807) is 0 Å². The Hall–Kier alpha value is -2.43. The number of benzene rings is 1. The molecule has 27 heavy (non-hydrogen) atoms. The van der Waals surface area contributed by atoms with Crippen molar-refractivity contribution < 1.29 is 4.79 Å². The van der Waals surface area contributed by atoms with Crippen molar-refractivity contribution in [3.05, 3.63) is 42.0 Å². The highest BCUT2D eigenvalue weighted by atomic mass is 16.1. The van der Waals surface area contributed by atoms with Crippen LogP contribution in [0.4, 0.5) is 5.82 Å². The number of nitrogens with zero attached hydrogens (tertiary/aromatic N) is 3. The average Bonchev–Trinajstić information content (AvgIpc) is 3.14. The van der Waals surface area contributed by atoms with Crippen LogP contribution < -0.4 is 10.2 Å². The second-order valence-electron chi connectivity index (χ2n) is 7.71. The van der Waals surface area contributed by atoms with Crippen molar-refractivity contribution in [1.29, 1.82) is 0 Å². The summed E-state index contributed by atoms with van der Waals surface area (Å²) in [6, 6.07) is 12.1. The molecule has 1 aliphatic heterocycles. The van der Waals surface area contributed by atoms with Crippen LogP contribution in [-0.2, 0) is 0 Å². The third kappa shape index (κ3) is 4.46. The third-order valence-corrected chi connectivity index (χ3v) is 5.71. The van der Waals surface area contributed by atoms with Gasteiger partial charge in [-0.1, -0.05) is 37.8 Å². The molecule has 2 aliphatic rings. The maximum absolute atomic E-state index is 12.5. The van der Waals surface area contributed by atoms with Gasteiger partial charge in [0.2, 0.25) is 0 Å². The van der Waals surface area contributed by atoms with Crippen molar-refractivity contribution in [2.45, 2.75) is 57.4 Å². The molecule has 142 valence electrons. The Morgan fingerprint density at radius 3 is 2.19 bits per heavy atom. The van der Waals surface area contributed by atoms with E-state index in [1.807, 2.05) is 36.4 Å². The topological polar surface area (TPSA) is 58.1 Å². The number of anilines is 1. The van der Waals surface area contributed by atoms with Crippen LogP contribution in [-0.4, -0.2) is 35.2 Å². The van der Waals surface area contributed by atoms with Crippen LogP contribution in [0.25, 0.3) is 11.3 Å². The molecule has 1 amide bonds. The molecule has 0 bridgehead atoms. The normalized spacial score (nSPS) is 18.3. The smallest absolute Gasteiger partial charge is 0.251 e. The van der Waals surface area contributed by atoms with Crippen molar-refractivity contribution in [3.63, 3.8) is 0 Å². The number of hydrogen-bond donors (Lipinski definition) is 1. The number of amides is 1. The zero-order valence-electron chi connectivity index (χ0n) is 15.9. The molecule has 2 heterocycles. The van der Waals surface area contributed by atoms with Gasteiger partial charge in [0.1, 0.15) is 0 Å². The molecule has 4 rings (SSSR count). The molecular formula is C22H28N4O. The van der Waals surface area contributed by atoms with Gasteiger partial charge in [-0.3, -0.25) is 4.79 Å². The van der Waals surface area contributed by atoms with Crippen LogP contribution in [0.3, 0.4) is 0 Å². The predicted molar refractivity (Wildman–Crippen MR) is 108 cm³/mol. The first-order valence-electron chi connectivity index (χ1n) is 10.3. The van der Waals surface area contributed by atoms with E-state index >= 15 is 0 Å². The quantitative estimate of drug-likeness (QED) is 0.826. The molecule has 5 nitrogen and oxygen atoms in total. The zero-order chi connectivity index (χ0) is 18.5. The number of aromatic nitrogens is 2. The Balaban J connectivity index is 1.39. The van der Waals surface area contributed by atoms with Gasteiger partial charge in [-0.25, -0.2) is 0 Å². The Labute approximate surface area is 161 Å². The summed E-state index contributed by atoms with van der Waals surface area (Å²) in [5.41, 5.74) is 2.54. The predicted octanol–water partition coefficient (Wildman–Crippen LogP) is 4.20. The SMILES string of the molecule is O=C(NC1CCCCCC1)c1ccc(-c2ccc(N3CCCC3)nn2)cc1. The second-order valence-corrected chi connectivity index (χ2v) is 7.71. The highest BCUT2D eigenvalue weighted by molar-refractivity contribution is 5.94. The summed E-state index contributed by atoms with van der Waals surface area (Å²) in [6.45, 7) is 2.14. The lowest BCUT2D eigenvalue weighted by atomic mass is 10.1. The van der Waals surface area contributed by atoms with E-state index in [0.29, 0.717) is 11.6 Å². The summed E-state index contributed by atoms with van der Waals surface area (Å²) >= 11 is 0. The molecule has 0 radical (unpaired) electrons. The zero-order valence-corrected chi connectivity index (χ0v) is 15.9. The lowest BCUT2D eigenvalue weighted by Gasteiger charge is -2.16. The Morgan fingerprint density at radius 1 is 0.852 bits per heavy atom. The van der Waals surface area contributed by atoms with Crippen LogP contribution in [0, 0.1) is 0 Å². The van der Waals surface area contributed by atoms with Crippen molar-refractivity contribution >= 4 is 11.7 Å². The first-order valence-corrected chi connectivity index (χ1v) is 10.3. The number of rotatable bonds is 4. The fraction of sp³-hybridized carbons (Fsp3) is 0.500. The molecule has 1 N–H and O–H groups in total. The molecular weight excluding hydrogens is 336 g/mol. The molecule has 1 saturated heterocycles. The largest absolute Gasteiger partial charge is 0.355 e. The highest BCUT2D eigenvalue weighted by Crippen LogP contribution is 2.22. The lowest BCUT2D eigenvalue weighted by molar-refractivity contribution is 0.0933. The highest BCUT2D eigenvalue weighted by Gasteiger charge is 2.16. The summed E-state index contributed by atoms with van der Waals surface area (Å²) in [4.78, 5) is 14.8. The molecule has 1 aliphatic carbocycles. The summed E-state index contributed by atoms with van der Waals surface area (Å²) in [6.07, 6.45) is 9.68. The number of hydrogen-bond acceptors (Lipinski definition) is 4. The van der Waals surface area contributed by atoms with E-state index in [2.05, 4.69) is 20.4 Å². The minimum atomic E-state index is 0.0314. The number of nitrogens with one attached hydrogen (secondary N) is 1. The third-order valence-electron chi connectivity index (χ3n) is 5.71. The van der Waals surface area contributed by atoms with Gasteiger partial charge in [-0.2, -0.15) is 0 Å². The van der Waals surface area contributed by atoms with Crippen LogP contribution in [0.1, 0.15) is 61.7 Å². The Morgan fingerprint density at radius 2 is 1.56 bits per heavy atom. The summed E-state index contributed by atoms with van der Waals surface area (Å²) < 4.78 is 0. The summed E-state index contributed by atoms with van der Waals surface area (Å²) in [5.74, 6) is 0.986. The van der Waals surface area contributed by atoms with Gasteiger partial charge in [0.05, 0.1) is 5.69 Å². The first kappa shape index (κ1) is 18.0. The van der Waals surface area contributed by atoms with Crippen molar-refractivity contribution in [2.24, 2.45) is 0 Å². The van der Waals surface area contributed by atoms with Crippen LogP contribution >= 0.6 is 0 Å². The number of carbonyl (C=O) groups is 1. The van der Waals surface area contributed by atoms with Gasteiger partial charge >= 0.3 is 0 Å². The average molecular weight is 364 g/mol. The lowest BCUT2D eigenvalue weighted by Crippen LogP contribution is -2.34.